The van der Waals surface area contributed by atoms with E-state index in [4.69, 9.17) is 5.73 Å². The van der Waals surface area contributed by atoms with Crippen LogP contribution in [0.5, 0.6) is 0 Å². The largest absolute Gasteiger partial charge is 0.328 e. The maximum atomic E-state index is 5.90. The zero-order chi connectivity index (χ0) is 8.43. The van der Waals surface area contributed by atoms with E-state index >= 15 is 0 Å². The molecule has 4 atom stereocenters. The molecule has 66 valence electrons. The zero-order valence-corrected chi connectivity index (χ0v) is 8.01. The molecule has 0 amide bonds. The Hall–Kier alpha value is -0.0400. The molecule has 0 heterocycles. The Labute approximate surface area is 70.4 Å². The monoisotopic (exact) mass is 155 g/mol. The molecule has 0 spiro atoms. The third kappa shape index (κ3) is 2.19. The summed E-state index contributed by atoms with van der Waals surface area (Å²) in [5.41, 5.74) is 5.90. The fraction of sp³-hybridized carbons (Fsp3) is 1.00. The second-order valence-electron chi connectivity index (χ2n) is 4.42. The van der Waals surface area contributed by atoms with Gasteiger partial charge in [-0.15, -0.1) is 0 Å². The lowest BCUT2D eigenvalue weighted by molar-refractivity contribution is 0.182. The topological polar surface area (TPSA) is 26.0 Å². The van der Waals surface area contributed by atoms with Gasteiger partial charge >= 0.3 is 0 Å². The highest BCUT2D eigenvalue weighted by atomic mass is 14.6. The molecule has 2 N–H and O–H groups in total. The number of nitrogens with two attached hydrogens (primary N) is 1. The molecule has 0 aromatic rings. The minimum Gasteiger partial charge on any atom is -0.328 e. The summed E-state index contributed by atoms with van der Waals surface area (Å²) >= 11 is 0. The first-order valence-corrected chi connectivity index (χ1v) is 4.87. The average molecular weight is 155 g/mol. The van der Waals surface area contributed by atoms with Crippen molar-refractivity contribution >= 4 is 0 Å². The van der Waals surface area contributed by atoms with Crippen LogP contribution >= 0.6 is 0 Å². The van der Waals surface area contributed by atoms with Gasteiger partial charge in [0.1, 0.15) is 0 Å². The Bertz CT molecular complexity index is 120. The van der Waals surface area contributed by atoms with Gasteiger partial charge in [0, 0.05) is 6.04 Å². The molecule has 0 bridgehead atoms. The van der Waals surface area contributed by atoms with E-state index in [1.54, 1.807) is 0 Å². The molecule has 1 saturated carbocycles. The second-order valence-corrected chi connectivity index (χ2v) is 4.42. The summed E-state index contributed by atoms with van der Waals surface area (Å²) in [5, 5.41) is 0. The van der Waals surface area contributed by atoms with Gasteiger partial charge in [0.2, 0.25) is 0 Å². The van der Waals surface area contributed by atoms with E-state index in [1.165, 1.54) is 19.3 Å². The van der Waals surface area contributed by atoms with Gasteiger partial charge in [0.25, 0.3) is 0 Å². The van der Waals surface area contributed by atoms with E-state index in [-0.39, 0.29) is 0 Å². The van der Waals surface area contributed by atoms with Crippen LogP contribution in [0.1, 0.15) is 40.0 Å². The fourth-order valence-corrected chi connectivity index (χ4v) is 2.47. The van der Waals surface area contributed by atoms with Crippen LogP contribution in [0.25, 0.3) is 0 Å². The van der Waals surface area contributed by atoms with Crippen molar-refractivity contribution in [3.63, 3.8) is 0 Å². The van der Waals surface area contributed by atoms with Crippen molar-refractivity contribution < 1.29 is 0 Å². The normalized spacial score (nSPS) is 42.0. The first-order chi connectivity index (χ1) is 5.11. The van der Waals surface area contributed by atoms with Gasteiger partial charge in [-0.3, -0.25) is 0 Å². The molecule has 1 fully saturated rings. The molecule has 0 aromatic carbocycles. The van der Waals surface area contributed by atoms with E-state index in [9.17, 15) is 0 Å². The first-order valence-electron chi connectivity index (χ1n) is 4.87. The Morgan fingerprint density at radius 1 is 1.27 bits per heavy atom. The average Bonchev–Trinajstić information content (AvgIpc) is 1.85. The predicted octanol–water partition coefficient (Wildman–Crippen LogP) is 2.41. The van der Waals surface area contributed by atoms with Crippen molar-refractivity contribution in [3.8, 4) is 0 Å². The van der Waals surface area contributed by atoms with E-state index in [1.807, 2.05) is 0 Å². The standard InChI is InChI=1S/C10H21N/c1-7-4-5-10(9(3)11)8(2)6-7/h7-10H,4-6,11H2,1-3H3. The van der Waals surface area contributed by atoms with E-state index in [0.717, 1.165) is 17.8 Å². The summed E-state index contributed by atoms with van der Waals surface area (Å²) in [6, 6.07) is 0.400. The molecule has 4 unspecified atom stereocenters. The summed E-state index contributed by atoms with van der Waals surface area (Å²) in [5.74, 6) is 2.56. The maximum absolute atomic E-state index is 5.90. The summed E-state index contributed by atoms with van der Waals surface area (Å²) in [6.07, 6.45) is 4.11. The number of hydrogen-bond acceptors (Lipinski definition) is 1. The lowest BCUT2D eigenvalue weighted by atomic mass is 9.73. The van der Waals surface area contributed by atoms with Crippen LogP contribution in [-0.4, -0.2) is 6.04 Å². The predicted molar refractivity (Wildman–Crippen MR) is 49.3 cm³/mol. The van der Waals surface area contributed by atoms with Gasteiger partial charge < -0.3 is 5.73 Å². The molecule has 0 aliphatic heterocycles. The van der Waals surface area contributed by atoms with Crippen molar-refractivity contribution in [3.05, 3.63) is 0 Å². The van der Waals surface area contributed by atoms with Crippen LogP contribution in [0.3, 0.4) is 0 Å². The van der Waals surface area contributed by atoms with Crippen LogP contribution in [0, 0.1) is 17.8 Å². The Kier molecular flexibility index (Phi) is 2.94. The van der Waals surface area contributed by atoms with Gasteiger partial charge in [-0.05, 0) is 37.5 Å². The van der Waals surface area contributed by atoms with Crippen molar-refractivity contribution in [2.45, 2.75) is 46.1 Å². The lowest BCUT2D eigenvalue weighted by Crippen LogP contribution is -2.35. The minimum atomic E-state index is 0.400. The quantitative estimate of drug-likeness (QED) is 0.618. The van der Waals surface area contributed by atoms with Crippen LogP contribution < -0.4 is 5.73 Å². The van der Waals surface area contributed by atoms with Gasteiger partial charge in [-0.2, -0.15) is 0 Å². The zero-order valence-electron chi connectivity index (χ0n) is 8.01. The van der Waals surface area contributed by atoms with E-state index < -0.39 is 0 Å². The molecule has 0 aromatic heterocycles. The minimum absolute atomic E-state index is 0.400. The third-order valence-electron chi connectivity index (χ3n) is 3.17. The van der Waals surface area contributed by atoms with Gasteiger partial charge in [-0.1, -0.05) is 20.3 Å². The van der Waals surface area contributed by atoms with Gasteiger partial charge in [0.15, 0.2) is 0 Å². The SMILES string of the molecule is CC1CCC(C(C)N)C(C)C1. The van der Waals surface area contributed by atoms with Crippen LogP contribution in [-0.2, 0) is 0 Å². The van der Waals surface area contributed by atoms with Crippen molar-refractivity contribution in [1.82, 2.24) is 0 Å². The van der Waals surface area contributed by atoms with Gasteiger partial charge in [0.05, 0.1) is 0 Å². The molecule has 11 heavy (non-hydrogen) atoms. The molecule has 1 nitrogen and oxygen atoms in total. The van der Waals surface area contributed by atoms with Crippen molar-refractivity contribution in [2.75, 3.05) is 0 Å². The lowest BCUT2D eigenvalue weighted by Gasteiger charge is -2.34. The summed E-state index contributed by atoms with van der Waals surface area (Å²) < 4.78 is 0. The van der Waals surface area contributed by atoms with E-state index in [0.29, 0.717) is 6.04 Å². The van der Waals surface area contributed by atoms with Crippen molar-refractivity contribution in [2.24, 2.45) is 23.5 Å². The molecular formula is C10H21N. The van der Waals surface area contributed by atoms with Crippen LogP contribution in [0.15, 0.2) is 0 Å². The molecule has 1 aliphatic rings. The molecule has 0 radical (unpaired) electrons. The fourth-order valence-electron chi connectivity index (χ4n) is 2.47. The molecule has 1 rings (SSSR count). The molecule has 1 heteroatoms. The number of hydrogen-bond donors (Lipinski definition) is 1. The third-order valence-corrected chi connectivity index (χ3v) is 3.17. The second kappa shape index (κ2) is 3.57. The summed E-state index contributed by atoms with van der Waals surface area (Å²) in [6.45, 7) is 6.86. The smallest absolute Gasteiger partial charge is 0.00413 e. The summed E-state index contributed by atoms with van der Waals surface area (Å²) in [7, 11) is 0. The first kappa shape index (κ1) is 9.05. The van der Waals surface area contributed by atoms with Crippen molar-refractivity contribution in [1.29, 1.82) is 0 Å². The highest BCUT2D eigenvalue weighted by Crippen LogP contribution is 2.34. The molecule has 0 saturated heterocycles. The van der Waals surface area contributed by atoms with Gasteiger partial charge in [-0.25, -0.2) is 0 Å². The Morgan fingerprint density at radius 2 is 1.91 bits per heavy atom. The molecular weight excluding hydrogens is 134 g/mol. The van der Waals surface area contributed by atoms with E-state index in [2.05, 4.69) is 20.8 Å². The molecule has 1 aliphatic carbocycles. The maximum Gasteiger partial charge on any atom is 0.00413 e. The van der Waals surface area contributed by atoms with Crippen LogP contribution in [0.2, 0.25) is 0 Å². The Morgan fingerprint density at radius 3 is 2.36 bits per heavy atom. The highest BCUT2D eigenvalue weighted by molar-refractivity contribution is 4.80. The number of rotatable bonds is 1. The highest BCUT2D eigenvalue weighted by Gasteiger charge is 2.27. The Balaban J connectivity index is 2.44. The summed E-state index contributed by atoms with van der Waals surface area (Å²) in [4.78, 5) is 0. The van der Waals surface area contributed by atoms with Crippen LogP contribution in [0.4, 0.5) is 0 Å².